The van der Waals surface area contributed by atoms with E-state index in [1.165, 1.54) is 0 Å². The number of benzene rings is 2. The zero-order valence-electron chi connectivity index (χ0n) is 14.9. The third-order valence-electron chi connectivity index (χ3n) is 3.92. The van der Waals surface area contributed by atoms with E-state index in [0.29, 0.717) is 16.5 Å². The molecular formula is C20H20ClN3O2. The van der Waals surface area contributed by atoms with E-state index >= 15 is 0 Å². The number of ether oxygens (including phenoxy) is 1. The van der Waals surface area contributed by atoms with Gasteiger partial charge in [0.05, 0.1) is 17.1 Å². The number of hydrogen-bond donors (Lipinski definition) is 1. The van der Waals surface area contributed by atoms with E-state index in [9.17, 15) is 4.79 Å². The van der Waals surface area contributed by atoms with Crippen LogP contribution >= 0.6 is 11.6 Å². The summed E-state index contributed by atoms with van der Waals surface area (Å²) in [6.07, 6.45) is 0. The standard InChI is InChI=1S/C20H20ClN3O2/c1-13-10-16(8-9-17(13)21)26-12-20(25)22-18-6-4-5-7-19(18)24-15(3)11-14(2)23-24/h4-11H,12H2,1-3H3,(H,22,25). The van der Waals surface area contributed by atoms with E-state index in [2.05, 4.69) is 10.4 Å². The van der Waals surface area contributed by atoms with E-state index < -0.39 is 0 Å². The third kappa shape index (κ3) is 4.06. The molecule has 3 rings (SSSR count). The molecule has 0 bridgehead atoms. The molecule has 0 saturated carbocycles. The normalized spacial score (nSPS) is 10.6. The van der Waals surface area contributed by atoms with Gasteiger partial charge in [0.2, 0.25) is 0 Å². The Morgan fingerprint density at radius 2 is 1.92 bits per heavy atom. The first-order chi connectivity index (χ1) is 12.4. The van der Waals surface area contributed by atoms with E-state index in [1.54, 1.807) is 18.2 Å². The van der Waals surface area contributed by atoms with Crippen molar-refractivity contribution in [1.29, 1.82) is 0 Å². The summed E-state index contributed by atoms with van der Waals surface area (Å²) < 4.78 is 7.37. The number of hydrogen-bond acceptors (Lipinski definition) is 3. The highest BCUT2D eigenvalue weighted by atomic mass is 35.5. The predicted molar refractivity (Wildman–Crippen MR) is 103 cm³/mol. The van der Waals surface area contributed by atoms with Crippen LogP contribution in [-0.2, 0) is 4.79 Å². The highest BCUT2D eigenvalue weighted by Crippen LogP contribution is 2.23. The molecule has 26 heavy (non-hydrogen) atoms. The van der Waals surface area contributed by atoms with Gasteiger partial charge < -0.3 is 10.1 Å². The van der Waals surface area contributed by atoms with Crippen LogP contribution in [-0.4, -0.2) is 22.3 Å². The summed E-state index contributed by atoms with van der Waals surface area (Å²) in [4.78, 5) is 12.3. The maximum Gasteiger partial charge on any atom is 0.262 e. The Labute approximate surface area is 157 Å². The number of amides is 1. The molecule has 0 saturated heterocycles. The van der Waals surface area contributed by atoms with E-state index in [0.717, 1.165) is 22.6 Å². The minimum Gasteiger partial charge on any atom is -0.484 e. The van der Waals surface area contributed by atoms with Gasteiger partial charge >= 0.3 is 0 Å². The quantitative estimate of drug-likeness (QED) is 0.722. The monoisotopic (exact) mass is 369 g/mol. The first-order valence-electron chi connectivity index (χ1n) is 8.25. The molecule has 6 heteroatoms. The van der Waals surface area contributed by atoms with Crippen molar-refractivity contribution in [3.05, 3.63) is 70.5 Å². The average molecular weight is 370 g/mol. The molecule has 2 aromatic carbocycles. The number of para-hydroxylation sites is 2. The van der Waals surface area contributed by atoms with Crippen molar-refractivity contribution >= 4 is 23.2 Å². The van der Waals surface area contributed by atoms with Gasteiger partial charge in [0.1, 0.15) is 5.75 Å². The van der Waals surface area contributed by atoms with Crippen LogP contribution in [0.2, 0.25) is 5.02 Å². The first-order valence-corrected chi connectivity index (χ1v) is 8.63. The minimum atomic E-state index is -0.244. The zero-order valence-corrected chi connectivity index (χ0v) is 15.7. The topological polar surface area (TPSA) is 56.2 Å². The summed E-state index contributed by atoms with van der Waals surface area (Å²) in [6.45, 7) is 5.71. The maximum atomic E-state index is 12.3. The van der Waals surface area contributed by atoms with E-state index in [-0.39, 0.29) is 12.5 Å². The second-order valence-corrected chi connectivity index (χ2v) is 6.51. The molecule has 0 spiro atoms. The molecule has 5 nitrogen and oxygen atoms in total. The Kier molecular flexibility index (Phi) is 5.28. The first kappa shape index (κ1) is 18.0. The molecule has 0 atom stereocenters. The molecule has 1 aromatic heterocycles. The lowest BCUT2D eigenvalue weighted by Crippen LogP contribution is -2.21. The van der Waals surface area contributed by atoms with Crippen LogP contribution < -0.4 is 10.1 Å². The van der Waals surface area contributed by atoms with Gasteiger partial charge in [-0.3, -0.25) is 4.79 Å². The molecule has 0 fully saturated rings. The second kappa shape index (κ2) is 7.62. The van der Waals surface area contributed by atoms with Gasteiger partial charge in [-0.25, -0.2) is 4.68 Å². The lowest BCUT2D eigenvalue weighted by molar-refractivity contribution is -0.118. The van der Waals surface area contributed by atoms with Gasteiger partial charge in [0, 0.05) is 10.7 Å². The van der Waals surface area contributed by atoms with Crippen molar-refractivity contribution in [1.82, 2.24) is 9.78 Å². The van der Waals surface area contributed by atoms with Crippen molar-refractivity contribution in [3.63, 3.8) is 0 Å². The fraction of sp³-hybridized carbons (Fsp3) is 0.200. The van der Waals surface area contributed by atoms with Gasteiger partial charge in [0.25, 0.3) is 5.91 Å². The molecule has 1 N–H and O–H groups in total. The average Bonchev–Trinajstić information content (AvgIpc) is 2.94. The van der Waals surface area contributed by atoms with Crippen LogP contribution in [0.3, 0.4) is 0 Å². The summed E-state index contributed by atoms with van der Waals surface area (Å²) in [7, 11) is 0. The summed E-state index contributed by atoms with van der Waals surface area (Å²) >= 11 is 6.00. The molecule has 0 unspecified atom stereocenters. The van der Waals surface area contributed by atoms with Crippen LogP contribution in [0.5, 0.6) is 5.75 Å². The molecule has 3 aromatic rings. The predicted octanol–water partition coefficient (Wildman–Crippen LogP) is 4.47. The fourth-order valence-corrected chi connectivity index (χ4v) is 2.80. The molecular weight excluding hydrogens is 350 g/mol. The van der Waals surface area contributed by atoms with Crippen molar-refractivity contribution in [2.24, 2.45) is 0 Å². The summed E-state index contributed by atoms with van der Waals surface area (Å²) in [5, 5.41) is 8.04. The second-order valence-electron chi connectivity index (χ2n) is 6.10. The van der Waals surface area contributed by atoms with Crippen molar-refractivity contribution in [2.45, 2.75) is 20.8 Å². The largest absolute Gasteiger partial charge is 0.484 e. The van der Waals surface area contributed by atoms with Crippen LogP contribution in [0.15, 0.2) is 48.5 Å². The van der Waals surface area contributed by atoms with Crippen LogP contribution in [0.1, 0.15) is 17.0 Å². The van der Waals surface area contributed by atoms with Crippen LogP contribution in [0.25, 0.3) is 5.69 Å². The van der Waals surface area contributed by atoms with Gasteiger partial charge in [-0.2, -0.15) is 5.10 Å². The van der Waals surface area contributed by atoms with Crippen molar-refractivity contribution < 1.29 is 9.53 Å². The molecule has 0 aliphatic heterocycles. The van der Waals surface area contributed by atoms with Crippen molar-refractivity contribution in [3.8, 4) is 11.4 Å². The van der Waals surface area contributed by atoms with E-state index in [1.807, 2.05) is 55.8 Å². The highest BCUT2D eigenvalue weighted by molar-refractivity contribution is 6.31. The third-order valence-corrected chi connectivity index (χ3v) is 4.34. The number of anilines is 1. The Balaban J connectivity index is 1.72. The molecule has 1 heterocycles. The zero-order chi connectivity index (χ0) is 18.7. The smallest absolute Gasteiger partial charge is 0.262 e. The van der Waals surface area contributed by atoms with Gasteiger partial charge in [0.15, 0.2) is 6.61 Å². The van der Waals surface area contributed by atoms with Crippen molar-refractivity contribution in [2.75, 3.05) is 11.9 Å². The number of nitrogens with zero attached hydrogens (tertiary/aromatic N) is 2. The SMILES string of the molecule is Cc1cc(C)n(-c2ccccc2NC(=O)COc2ccc(Cl)c(C)c2)n1. The Morgan fingerprint density at radius 1 is 1.15 bits per heavy atom. The lowest BCUT2D eigenvalue weighted by atomic mass is 10.2. The molecule has 0 aliphatic carbocycles. The number of aromatic nitrogens is 2. The maximum absolute atomic E-state index is 12.3. The van der Waals surface area contributed by atoms with Gasteiger partial charge in [-0.1, -0.05) is 23.7 Å². The summed E-state index contributed by atoms with van der Waals surface area (Å²) in [5.41, 5.74) is 4.31. The van der Waals surface area contributed by atoms with E-state index in [4.69, 9.17) is 16.3 Å². The van der Waals surface area contributed by atoms with Crippen LogP contribution in [0, 0.1) is 20.8 Å². The van der Waals surface area contributed by atoms with Gasteiger partial charge in [-0.05, 0) is 62.7 Å². The summed E-state index contributed by atoms with van der Waals surface area (Å²) in [5.74, 6) is 0.362. The summed E-state index contributed by atoms with van der Waals surface area (Å²) in [6, 6.07) is 14.8. The Morgan fingerprint density at radius 3 is 2.62 bits per heavy atom. The number of nitrogens with one attached hydrogen (secondary N) is 1. The number of aryl methyl sites for hydroxylation is 3. The molecule has 134 valence electrons. The molecule has 1 amide bonds. The fourth-order valence-electron chi connectivity index (χ4n) is 2.68. The number of halogens is 1. The number of rotatable bonds is 5. The minimum absolute atomic E-state index is 0.0908. The van der Waals surface area contributed by atoms with Crippen LogP contribution in [0.4, 0.5) is 5.69 Å². The molecule has 0 radical (unpaired) electrons. The number of carbonyl (C=O) groups excluding carboxylic acids is 1. The highest BCUT2D eigenvalue weighted by Gasteiger charge is 2.11. The Hall–Kier alpha value is -2.79. The lowest BCUT2D eigenvalue weighted by Gasteiger charge is -2.13. The Bertz CT molecular complexity index is 950. The van der Waals surface area contributed by atoms with Gasteiger partial charge in [-0.15, -0.1) is 0 Å². The molecule has 0 aliphatic rings. The number of carbonyl (C=O) groups is 1.